The van der Waals surface area contributed by atoms with Crippen molar-refractivity contribution in [2.75, 3.05) is 11.9 Å². The summed E-state index contributed by atoms with van der Waals surface area (Å²) in [6, 6.07) is 12.8. The predicted octanol–water partition coefficient (Wildman–Crippen LogP) is 2.95. The third kappa shape index (κ3) is 4.44. The highest BCUT2D eigenvalue weighted by Crippen LogP contribution is 2.31. The molecule has 0 aliphatic carbocycles. The summed E-state index contributed by atoms with van der Waals surface area (Å²) in [7, 11) is 0. The summed E-state index contributed by atoms with van der Waals surface area (Å²) in [4.78, 5) is 21.1. The van der Waals surface area contributed by atoms with Crippen LogP contribution in [0.1, 0.15) is 29.3 Å². The van der Waals surface area contributed by atoms with Crippen LogP contribution in [0, 0.1) is 12.3 Å². The minimum Gasteiger partial charge on any atom is -0.493 e. The van der Waals surface area contributed by atoms with Gasteiger partial charge in [-0.15, -0.1) is 0 Å². The number of amides is 2. The molecule has 5 N–H and O–H groups in total. The molecule has 1 aromatic carbocycles. The summed E-state index contributed by atoms with van der Waals surface area (Å²) in [5.41, 5.74) is 4.30. The fourth-order valence-electron chi connectivity index (χ4n) is 3.43. The van der Waals surface area contributed by atoms with Crippen molar-refractivity contribution >= 4 is 29.4 Å². The number of pyridine rings is 2. The molecule has 2 aromatic heterocycles. The van der Waals surface area contributed by atoms with E-state index >= 15 is 0 Å². The molecule has 1 unspecified atom stereocenters. The maximum Gasteiger partial charge on any atom is 0.320 e. The number of para-hydroxylation sites is 1. The molecule has 0 saturated carbocycles. The molecule has 3 heterocycles. The summed E-state index contributed by atoms with van der Waals surface area (Å²) in [5.74, 6) is 1.18. The Bertz CT molecular complexity index is 1080. The third-order valence-corrected chi connectivity index (χ3v) is 4.87. The average molecular weight is 403 g/mol. The first kappa shape index (κ1) is 19.5. The first-order valence-corrected chi connectivity index (χ1v) is 9.69. The molecule has 30 heavy (non-hydrogen) atoms. The number of ether oxygens (including phenoxy) is 1. The van der Waals surface area contributed by atoms with Crippen LogP contribution in [0.4, 0.5) is 22.0 Å². The Morgan fingerprint density at radius 1 is 1.27 bits per heavy atom. The fourth-order valence-corrected chi connectivity index (χ4v) is 3.43. The van der Waals surface area contributed by atoms with E-state index in [2.05, 4.69) is 20.6 Å². The highest BCUT2D eigenvalue weighted by Gasteiger charge is 2.22. The summed E-state index contributed by atoms with van der Waals surface area (Å²) < 4.78 is 5.64. The van der Waals surface area contributed by atoms with E-state index in [1.807, 2.05) is 48.6 Å². The Morgan fingerprint density at radius 3 is 2.97 bits per heavy atom. The van der Waals surface area contributed by atoms with E-state index in [-0.39, 0.29) is 12.1 Å². The zero-order chi connectivity index (χ0) is 20.9. The van der Waals surface area contributed by atoms with Gasteiger partial charge in [-0.05, 0) is 19.1 Å². The molecule has 2 amide bonds. The number of nitrogens with one attached hydrogen (secondary N) is 3. The van der Waals surface area contributed by atoms with Crippen molar-refractivity contribution in [3.8, 4) is 5.75 Å². The van der Waals surface area contributed by atoms with E-state index in [0.29, 0.717) is 24.4 Å². The normalized spacial score (nSPS) is 14.9. The summed E-state index contributed by atoms with van der Waals surface area (Å²) >= 11 is 0. The molecule has 1 atom stereocenters. The number of quaternary nitrogens is 1. The highest BCUT2D eigenvalue weighted by atomic mass is 16.5. The van der Waals surface area contributed by atoms with Crippen LogP contribution in [-0.4, -0.2) is 28.8 Å². The lowest BCUT2D eigenvalue weighted by Crippen LogP contribution is -2.71. The van der Waals surface area contributed by atoms with Crippen molar-refractivity contribution in [1.82, 2.24) is 15.3 Å². The highest BCUT2D eigenvalue weighted by molar-refractivity contribution is 5.91. The Labute approximate surface area is 174 Å². The quantitative estimate of drug-likeness (QED) is 0.490. The maximum atomic E-state index is 12.5. The number of aromatic nitrogens is 2. The Balaban J connectivity index is 1.45. The molecule has 8 heteroatoms. The molecule has 3 aromatic rings. The van der Waals surface area contributed by atoms with E-state index in [4.69, 9.17) is 10.1 Å². The number of rotatable bonds is 5. The van der Waals surface area contributed by atoms with Crippen LogP contribution < -0.4 is 20.7 Å². The van der Waals surface area contributed by atoms with Crippen molar-refractivity contribution in [3.63, 3.8) is 0 Å². The molecule has 8 nitrogen and oxygen atoms in total. The molecule has 1 aliphatic heterocycles. The maximum absolute atomic E-state index is 12.5. The average Bonchev–Trinajstić information content (AvgIpc) is 2.75. The van der Waals surface area contributed by atoms with Crippen molar-refractivity contribution in [2.45, 2.75) is 19.4 Å². The van der Waals surface area contributed by atoms with Crippen LogP contribution >= 0.6 is 0 Å². The molecular weight excluding hydrogens is 380 g/mol. The van der Waals surface area contributed by atoms with Gasteiger partial charge in [0.2, 0.25) is 0 Å². The largest absolute Gasteiger partial charge is 0.493 e. The predicted molar refractivity (Wildman–Crippen MR) is 114 cm³/mol. The molecule has 0 radical (unpaired) electrons. The van der Waals surface area contributed by atoms with Crippen LogP contribution in [0.2, 0.25) is 0 Å². The number of hydrogen-bond acceptors (Lipinski definition) is 5. The lowest BCUT2D eigenvalue weighted by atomic mass is 10.0. The number of nitrogens with zero attached hydrogens (tertiary/aromatic N) is 2. The van der Waals surface area contributed by atoms with Gasteiger partial charge in [-0.3, -0.25) is 15.6 Å². The topological polar surface area (TPSA) is 117 Å². The van der Waals surface area contributed by atoms with Crippen molar-refractivity contribution in [2.24, 2.45) is 0 Å². The molecule has 0 bridgehead atoms. The van der Waals surface area contributed by atoms with Gasteiger partial charge in [0.1, 0.15) is 17.3 Å². The standard InChI is InChI=1S/C22H22N6O2/c1-14-10-16(6-8-24-14)26-19-13-25-21(11-15(19)12-23)28-22(29)27-18-7-9-30-20-5-3-2-4-17(18)20/h2-6,8,10-13,18,23H,7,9H2,1H3,(H,24,26)(H2,25,27,28,29)/p+1. The Kier molecular flexibility index (Phi) is 5.67. The van der Waals surface area contributed by atoms with E-state index < -0.39 is 0 Å². The first-order chi connectivity index (χ1) is 14.6. The van der Waals surface area contributed by atoms with Gasteiger partial charge in [0.25, 0.3) is 0 Å². The minimum atomic E-state index is -0.346. The summed E-state index contributed by atoms with van der Waals surface area (Å²) in [5, 5.41) is 15.4. The molecule has 4 rings (SSSR count). The van der Waals surface area contributed by atoms with Crippen LogP contribution in [0.15, 0.2) is 54.9 Å². The number of fused-ring (bicyclic) bond motifs is 1. The number of aryl methyl sites for hydroxylation is 1. The van der Waals surface area contributed by atoms with E-state index in [1.165, 1.54) is 6.21 Å². The smallest absolute Gasteiger partial charge is 0.320 e. The van der Waals surface area contributed by atoms with Gasteiger partial charge in [0.15, 0.2) is 5.69 Å². The van der Waals surface area contributed by atoms with Gasteiger partial charge in [-0.25, -0.2) is 9.78 Å². The van der Waals surface area contributed by atoms with Crippen LogP contribution in [0.3, 0.4) is 0 Å². The zero-order valence-electron chi connectivity index (χ0n) is 16.6. The fraction of sp³-hybridized carbons (Fsp3) is 0.182. The van der Waals surface area contributed by atoms with Crippen molar-refractivity contribution in [3.05, 3.63) is 71.7 Å². The molecule has 0 saturated heterocycles. The number of nitrogens with two attached hydrogens (primary N) is 1. The van der Waals surface area contributed by atoms with Crippen LogP contribution in [0.25, 0.3) is 0 Å². The SMILES string of the molecule is Cc1cc([NH2+]c2cnc(NC(=O)NC3CCOc4ccccc43)cc2C=N)ccn1. The second-order valence-corrected chi connectivity index (χ2v) is 7.04. The number of hydrogen-bond donors (Lipinski definition) is 4. The molecular formula is C22H23N6O2+. The Hall–Kier alpha value is -3.78. The second kappa shape index (κ2) is 8.71. The van der Waals surface area contributed by atoms with Gasteiger partial charge in [-0.2, -0.15) is 0 Å². The van der Waals surface area contributed by atoms with Crippen LogP contribution in [0.5, 0.6) is 5.75 Å². The number of urea groups is 1. The monoisotopic (exact) mass is 403 g/mol. The van der Waals surface area contributed by atoms with Crippen LogP contribution in [-0.2, 0) is 0 Å². The lowest BCUT2D eigenvalue weighted by molar-refractivity contribution is -0.479. The summed E-state index contributed by atoms with van der Waals surface area (Å²) in [6.45, 7) is 2.48. The number of benzene rings is 1. The van der Waals surface area contributed by atoms with E-state index in [1.54, 1.807) is 18.5 Å². The number of carbonyl (C=O) groups excluding carboxylic acids is 1. The van der Waals surface area contributed by atoms with Gasteiger partial charge in [-0.1, -0.05) is 18.2 Å². The second-order valence-electron chi connectivity index (χ2n) is 7.04. The van der Waals surface area contributed by atoms with Gasteiger partial charge in [0, 0.05) is 42.2 Å². The number of carbonyl (C=O) groups is 1. The summed E-state index contributed by atoms with van der Waals surface area (Å²) in [6.07, 6.45) is 5.34. The van der Waals surface area contributed by atoms with E-state index in [9.17, 15) is 4.79 Å². The van der Waals surface area contributed by atoms with Gasteiger partial charge >= 0.3 is 6.03 Å². The molecule has 0 fully saturated rings. The van der Waals surface area contributed by atoms with Crippen molar-refractivity contribution < 1.29 is 14.8 Å². The zero-order valence-corrected chi connectivity index (χ0v) is 16.6. The number of anilines is 1. The van der Waals surface area contributed by atoms with Gasteiger partial charge < -0.3 is 15.5 Å². The Morgan fingerprint density at radius 2 is 2.13 bits per heavy atom. The van der Waals surface area contributed by atoms with E-state index in [0.717, 1.165) is 28.4 Å². The third-order valence-electron chi connectivity index (χ3n) is 4.87. The lowest BCUT2D eigenvalue weighted by Gasteiger charge is -2.26. The molecule has 1 aliphatic rings. The molecule has 0 spiro atoms. The van der Waals surface area contributed by atoms with Crippen molar-refractivity contribution in [1.29, 1.82) is 5.41 Å². The minimum absolute atomic E-state index is 0.125. The van der Waals surface area contributed by atoms with Gasteiger partial charge in [0.05, 0.1) is 24.4 Å². The molecule has 152 valence electrons. The first-order valence-electron chi connectivity index (χ1n) is 9.69.